The van der Waals surface area contributed by atoms with E-state index in [4.69, 9.17) is 23.7 Å². The molecule has 0 bridgehead atoms. The monoisotopic (exact) mass is 626 g/mol. The number of benzene rings is 4. The zero-order valence-corrected chi connectivity index (χ0v) is 27.0. The maximum atomic E-state index is 13.7. The summed E-state index contributed by atoms with van der Waals surface area (Å²) in [7, 11) is 0. The van der Waals surface area contributed by atoms with Gasteiger partial charge in [0.25, 0.3) is 0 Å². The number of carbonyl (C=O) groups is 1. The molecule has 1 unspecified atom stereocenters. The number of rotatable bonds is 15. The fourth-order valence-corrected chi connectivity index (χ4v) is 5.66. The van der Waals surface area contributed by atoms with Gasteiger partial charge >= 0.3 is 5.97 Å². The second kappa shape index (κ2) is 16.2. The molecule has 0 spiro atoms. The van der Waals surface area contributed by atoms with Crippen LogP contribution in [0.4, 0.5) is 4.39 Å². The zero-order chi connectivity index (χ0) is 32.3. The van der Waals surface area contributed by atoms with Crippen molar-refractivity contribution in [2.45, 2.75) is 72.0 Å². The van der Waals surface area contributed by atoms with Crippen LogP contribution in [-0.4, -0.2) is 31.9 Å². The van der Waals surface area contributed by atoms with E-state index in [0.717, 1.165) is 76.3 Å². The zero-order valence-electron chi connectivity index (χ0n) is 27.0. The van der Waals surface area contributed by atoms with Gasteiger partial charge in [0.1, 0.15) is 35.4 Å². The highest BCUT2D eigenvalue weighted by Crippen LogP contribution is 2.39. The third kappa shape index (κ3) is 8.19. The van der Waals surface area contributed by atoms with Crippen molar-refractivity contribution in [1.29, 1.82) is 0 Å². The molecule has 242 valence electrons. The fraction of sp³-hybridized carbons (Fsp3) is 0.359. The summed E-state index contributed by atoms with van der Waals surface area (Å²) in [6, 6.07) is 24.5. The normalized spacial score (nSPS) is 13.8. The largest absolute Gasteiger partial charge is 0.493 e. The molecular weight excluding hydrogens is 583 g/mol. The summed E-state index contributed by atoms with van der Waals surface area (Å²) in [6.07, 6.45) is 3.93. The fourth-order valence-electron chi connectivity index (χ4n) is 5.66. The van der Waals surface area contributed by atoms with Crippen molar-refractivity contribution in [1.82, 2.24) is 0 Å². The Hall–Kier alpha value is -4.52. The summed E-state index contributed by atoms with van der Waals surface area (Å²) in [5, 5.41) is 0. The Kier molecular flexibility index (Phi) is 11.5. The SMILES string of the molecule is CCCc1c(OCCCOc2cc(OCc3ccccc3)c(-c3ccc(F)cc3)cc2CC)ccc2c1OC(C(=O)OCC)CC2. The molecule has 7 heteroatoms. The van der Waals surface area contributed by atoms with E-state index in [-0.39, 0.29) is 11.8 Å². The van der Waals surface area contributed by atoms with Crippen molar-refractivity contribution >= 4 is 5.97 Å². The summed E-state index contributed by atoms with van der Waals surface area (Å²) >= 11 is 0. The van der Waals surface area contributed by atoms with Gasteiger partial charge in [-0.25, -0.2) is 9.18 Å². The summed E-state index contributed by atoms with van der Waals surface area (Å²) < 4.78 is 44.0. The first-order valence-electron chi connectivity index (χ1n) is 16.3. The van der Waals surface area contributed by atoms with Crippen molar-refractivity contribution in [2.24, 2.45) is 0 Å². The van der Waals surface area contributed by atoms with Crippen LogP contribution in [0.5, 0.6) is 23.0 Å². The van der Waals surface area contributed by atoms with E-state index in [1.54, 1.807) is 19.1 Å². The molecule has 0 aromatic heterocycles. The van der Waals surface area contributed by atoms with E-state index in [9.17, 15) is 9.18 Å². The predicted molar refractivity (Wildman–Crippen MR) is 177 cm³/mol. The molecule has 6 nitrogen and oxygen atoms in total. The maximum Gasteiger partial charge on any atom is 0.347 e. The quantitative estimate of drug-likeness (QED) is 0.0972. The standard InChI is InChI=1S/C39H43FO6/c1-4-11-32-34(20-16-30-17-21-35(46-38(30)32)39(41)42-6-3)43-22-10-23-44-36-25-37(45-26-27-12-8-7-9-13-27)33(24-28(36)5-2)29-14-18-31(40)19-15-29/h7-9,12-16,18-20,24-25,35H,4-6,10-11,17,21-23,26H2,1-3H3. The van der Waals surface area contributed by atoms with E-state index in [0.29, 0.717) is 45.0 Å². The van der Waals surface area contributed by atoms with Gasteiger partial charge < -0.3 is 23.7 Å². The molecule has 1 atom stereocenters. The number of hydrogen-bond acceptors (Lipinski definition) is 6. The van der Waals surface area contributed by atoms with Gasteiger partial charge in [-0.05, 0) is 79.1 Å². The molecule has 0 fully saturated rings. The Morgan fingerprint density at radius 2 is 1.63 bits per heavy atom. The van der Waals surface area contributed by atoms with Crippen LogP contribution in [0.3, 0.4) is 0 Å². The Labute approximate surface area is 271 Å². The maximum absolute atomic E-state index is 13.7. The molecule has 0 saturated carbocycles. The lowest BCUT2D eigenvalue weighted by atomic mass is 9.96. The van der Waals surface area contributed by atoms with Crippen LogP contribution < -0.4 is 18.9 Å². The third-order valence-electron chi connectivity index (χ3n) is 8.02. The van der Waals surface area contributed by atoms with E-state index in [2.05, 4.69) is 19.9 Å². The predicted octanol–water partition coefficient (Wildman–Crippen LogP) is 8.69. The smallest absolute Gasteiger partial charge is 0.347 e. The topological polar surface area (TPSA) is 63.2 Å². The Balaban J connectivity index is 1.26. The Morgan fingerprint density at radius 3 is 2.35 bits per heavy atom. The molecule has 1 aliphatic rings. The Morgan fingerprint density at radius 1 is 0.870 bits per heavy atom. The average Bonchev–Trinajstić information content (AvgIpc) is 3.08. The summed E-state index contributed by atoms with van der Waals surface area (Å²) in [6.45, 7) is 7.66. The number of hydrogen-bond donors (Lipinski definition) is 0. The van der Waals surface area contributed by atoms with Crippen molar-refractivity contribution in [3.8, 4) is 34.1 Å². The highest BCUT2D eigenvalue weighted by Gasteiger charge is 2.30. The molecule has 0 saturated heterocycles. The number of ether oxygens (including phenoxy) is 5. The van der Waals surface area contributed by atoms with Gasteiger partial charge in [0.05, 0.1) is 19.8 Å². The van der Waals surface area contributed by atoms with Crippen molar-refractivity contribution in [3.63, 3.8) is 0 Å². The van der Waals surface area contributed by atoms with Crippen LogP contribution in [0.1, 0.15) is 62.3 Å². The first kappa shape index (κ1) is 32.9. The molecule has 0 N–H and O–H groups in total. The molecule has 0 aliphatic carbocycles. The molecule has 4 aromatic carbocycles. The molecule has 5 rings (SSSR count). The van der Waals surface area contributed by atoms with Crippen molar-refractivity contribution < 1.29 is 32.9 Å². The molecule has 1 aliphatic heterocycles. The van der Waals surface area contributed by atoms with Crippen LogP contribution in [-0.2, 0) is 35.4 Å². The minimum Gasteiger partial charge on any atom is -0.493 e. The first-order chi connectivity index (χ1) is 22.5. The second-order valence-corrected chi connectivity index (χ2v) is 11.3. The lowest BCUT2D eigenvalue weighted by Crippen LogP contribution is -2.33. The van der Waals surface area contributed by atoms with Gasteiger partial charge in [-0.1, -0.05) is 68.8 Å². The minimum atomic E-state index is -0.588. The number of esters is 1. The van der Waals surface area contributed by atoms with E-state index in [1.165, 1.54) is 12.1 Å². The van der Waals surface area contributed by atoms with Crippen LogP contribution in [0, 0.1) is 5.82 Å². The molecule has 4 aromatic rings. The first-order valence-corrected chi connectivity index (χ1v) is 16.3. The summed E-state index contributed by atoms with van der Waals surface area (Å²) in [4.78, 5) is 12.4. The highest BCUT2D eigenvalue weighted by molar-refractivity contribution is 5.76. The summed E-state index contributed by atoms with van der Waals surface area (Å²) in [5.41, 5.74) is 5.97. The summed E-state index contributed by atoms with van der Waals surface area (Å²) in [5.74, 6) is 2.38. The molecule has 0 radical (unpaired) electrons. The van der Waals surface area contributed by atoms with Gasteiger partial charge in [-0.2, -0.15) is 0 Å². The van der Waals surface area contributed by atoms with Gasteiger partial charge in [0, 0.05) is 23.6 Å². The number of carbonyl (C=O) groups excluding carboxylic acids is 1. The van der Waals surface area contributed by atoms with Crippen molar-refractivity contribution in [2.75, 3.05) is 19.8 Å². The lowest BCUT2D eigenvalue weighted by Gasteiger charge is -2.27. The highest BCUT2D eigenvalue weighted by atomic mass is 19.1. The van der Waals surface area contributed by atoms with Crippen molar-refractivity contribution in [3.05, 3.63) is 107 Å². The third-order valence-corrected chi connectivity index (χ3v) is 8.02. The van der Waals surface area contributed by atoms with E-state index in [1.807, 2.05) is 48.5 Å². The minimum absolute atomic E-state index is 0.279. The number of aryl methyl sites for hydroxylation is 2. The van der Waals surface area contributed by atoms with Gasteiger partial charge in [0.15, 0.2) is 6.10 Å². The van der Waals surface area contributed by atoms with Crippen LogP contribution in [0.15, 0.2) is 78.9 Å². The van der Waals surface area contributed by atoms with E-state index < -0.39 is 6.10 Å². The van der Waals surface area contributed by atoms with Crippen LogP contribution >= 0.6 is 0 Å². The average molecular weight is 627 g/mol. The van der Waals surface area contributed by atoms with Gasteiger partial charge in [0.2, 0.25) is 0 Å². The molecule has 46 heavy (non-hydrogen) atoms. The number of halogens is 1. The second-order valence-electron chi connectivity index (χ2n) is 11.3. The van der Waals surface area contributed by atoms with Gasteiger partial charge in [-0.15, -0.1) is 0 Å². The molecule has 0 amide bonds. The Bertz CT molecular complexity index is 1580. The van der Waals surface area contributed by atoms with E-state index >= 15 is 0 Å². The molecule has 1 heterocycles. The van der Waals surface area contributed by atoms with Crippen LogP contribution in [0.25, 0.3) is 11.1 Å². The van der Waals surface area contributed by atoms with Gasteiger partial charge in [-0.3, -0.25) is 0 Å². The lowest BCUT2D eigenvalue weighted by molar-refractivity contribution is -0.152. The molecular formula is C39H43FO6. The number of fused-ring (bicyclic) bond motifs is 1. The van der Waals surface area contributed by atoms with Crippen LogP contribution in [0.2, 0.25) is 0 Å².